The van der Waals surface area contributed by atoms with Crippen molar-refractivity contribution in [2.45, 2.75) is 13.8 Å². The maximum atomic E-state index is 12.7. The summed E-state index contributed by atoms with van der Waals surface area (Å²) in [5, 5.41) is 7.61. The molecule has 0 unspecified atom stereocenters. The summed E-state index contributed by atoms with van der Waals surface area (Å²) in [6.07, 6.45) is 0. The number of benzene rings is 2. The Labute approximate surface area is 166 Å². The highest BCUT2D eigenvalue weighted by atomic mass is 16.5. The first-order valence-corrected chi connectivity index (χ1v) is 8.98. The maximum Gasteiger partial charge on any atom is 0.260 e. The molecule has 0 saturated carbocycles. The van der Waals surface area contributed by atoms with Crippen molar-refractivity contribution >= 4 is 22.6 Å². The number of carbonyl (C=O) groups excluding carboxylic acids is 1. The lowest BCUT2D eigenvalue weighted by Crippen LogP contribution is -2.19. The Balaban J connectivity index is 1.75. The molecule has 4 aromatic rings. The van der Waals surface area contributed by atoms with Crippen molar-refractivity contribution in [1.82, 2.24) is 19.7 Å². The second kappa shape index (κ2) is 7.23. The Hall–Kier alpha value is -3.94. The number of amides is 1. The second-order valence-electron chi connectivity index (χ2n) is 6.68. The Morgan fingerprint density at radius 2 is 1.97 bits per heavy atom. The number of aromatic amines is 1. The van der Waals surface area contributed by atoms with E-state index in [1.807, 2.05) is 19.1 Å². The first-order valence-electron chi connectivity index (χ1n) is 8.98. The molecule has 0 aliphatic carbocycles. The summed E-state index contributed by atoms with van der Waals surface area (Å²) in [4.78, 5) is 32.4. The number of ether oxygens (including phenoxy) is 1. The summed E-state index contributed by atoms with van der Waals surface area (Å²) in [5.41, 5.74) is 2.35. The third-order valence-electron chi connectivity index (χ3n) is 4.45. The summed E-state index contributed by atoms with van der Waals surface area (Å²) < 4.78 is 6.57. The number of nitrogens with one attached hydrogen (secondary N) is 2. The van der Waals surface area contributed by atoms with Gasteiger partial charge in [0, 0.05) is 11.6 Å². The normalized spacial score (nSPS) is 10.9. The van der Waals surface area contributed by atoms with E-state index < -0.39 is 0 Å². The van der Waals surface area contributed by atoms with Crippen LogP contribution in [0.15, 0.2) is 53.3 Å². The third-order valence-corrected chi connectivity index (χ3v) is 4.45. The van der Waals surface area contributed by atoms with Gasteiger partial charge in [0.1, 0.15) is 11.6 Å². The summed E-state index contributed by atoms with van der Waals surface area (Å²) in [7, 11) is 1.53. The molecule has 0 saturated heterocycles. The number of rotatable bonds is 4. The molecule has 4 rings (SSSR count). The maximum absolute atomic E-state index is 12.7. The van der Waals surface area contributed by atoms with Crippen LogP contribution in [0, 0.1) is 13.8 Å². The van der Waals surface area contributed by atoms with E-state index >= 15 is 0 Å². The molecule has 1 amide bonds. The van der Waals surface area contributed by atoms with Crippen molar-refractivity contribution in [2.24, 2.45) is 0 Å². The molecule has 2 aromatic heterocycles. The third kappa shape index (κ3) is 3.60. The van der Waals surface area contributed by atoms with Crippen molar-refractivity contribution in [3.63, 3.8) is 0 Å². The molecule has 0 spiro atoms. The molecule has 0 aliphatic heterocycles. The fourth-order valence-corrected chi connectivity index (χ4v) is 3.06. The average molecular weight is 389 g/mol. The molecule has 2 N–H and O–H groups in total. The van der Waals surface area contributed by atoms with Crippen LogP contribution in [0.2, 0.25) is 0 Å². The zero-order valence-corrected chi connectivity index (χ0v) is 16.2. The first kappa shape index (κ1) is 18.4. The lowest BCUT2D eigenvalue weighted by Gasteiger charge is -2.09. The zero-order valence-electron chi connectivity index (χ0n) is 16.2. The van der Waals surface area contributed by atoms with E-state index in [4.69, 9.17) is 4.74 Å². The molecule has 2 aromatic carbocycles. The Morgan fingerprint density at radius 3 is 2.72 bits per heavy atom. The lowest BCUT2D eigenvalue weighted by molar-refractivity contribution is 0.102. The number of fused-ring (bicyclic) bond motifs is 1. The molecular weight excluding hydrogens is 370 g/mol. The van der Waals surface area contributed by atoms with E-state index in [0.717, 1.165) is 5.56 Å². The monoisotopic (exact) mass is 389 g/mol. The number of aromatic nitrogens is 4. The molecule has 29 heavy (non-hydrogen) atoms. The van der Waals surface area contributed by atoms with Gasteiger partial charge in [-0.3, -0.25) is 14.6 Å². The van der Waals surface area contributed by atoms with Gasteiger partial charge < -0.3 is 10.1 Å². The number of H-pyrrole nitrogens is 1. The van der Waals surface area contributed by atoms with Gasteiger partial charge in [-0.2, -0.15) is 9.78 Å². The van der Waals surface area contributed by atoms with Gasteiger partial charge in [0.05, 0.1) is 23.7 Å². The van der Waals surface area contributed by atoms with Crippen molar-refractivity contribution < 1.29 is 9.53 Å². The number of aryl methyl sites for hydroxylation is 2. The van der Waals surface area contributed by atoms with Crippen LogP contribution >= 0.6 is 0 Å². The second-order valence-corrected chi connectivity index (χ2v) is 6.68. The lowest BCUT2D eigenvalue weighted by atomic mass is 10.1. The van der Waals surface area contributed by atoms with Crippen LogP contribution in [0.5, 0.6) is 5.75 Å². The predicted molar refractivity (Wildman–Crippen MR) is 110 cm³/mol. The topological polar surface area (TPSA) is 102 Å². The van der Waals surface area contributed by atoms with Gasteiger partial charge in [0.15, 0.2) is 0 Å². The minimum atomic E-state index is -0.326. The number of carbonyl (C=O) groups is 1. The number of hydrogen-bond donors (Lipinski definition) is 2. The van der Waals surface area contributed by atoms with Crippen LogP contribution in [-0.2, 0) is 0 Å². The fourth-order valence-electron chi connectivity index (χ4n) is 3.06. The van der Waals surface area contributed by atoms with E-state index in [2.05, 4.69) is 20.4 Å². The van der Waals surface area contributed by atoms with Crippen LogP contribution in [0.1, 0.15) is 21.6 Å². The Bertz CT molecular complexity index is 1290. The van der Waals surface area contributed by atoms with Crippen molar-refractivity contribution in [3.8, 4) is 11.7 Å². The molecule has 0 bridgehead atoms. The number of anilines is 1. The van der Waals surface area contributed by atoms with Crippen LogP contribution in [-0.4, -0.2) is 32.8 Å². The van der Waals surface area contributed by atoms with Crippen LogP contribution in [0.25, 0.3) is 16.9 Å². The molecule has 0 aliphatic rings. The summed E-state index contributed by atoms with van der Waals surface area (Å²) in [6.45, 7) is 3.72. The van der Waals surface area contributed by atoms with E-state index in [-0.39, 0.29) is 17.4 Å². The standard InChI is InChI=1S/C21H19N5O3/c1-12-5-4-6-14(9-12)19(27)23-18-10-13(2)25-26(18)21-22-17-8-7-15(29-3)11-16(17)20(28)24-21/h4-11H,1-3H3,(H,23,27)(H,22,24,28). The van der Waals surface area contributed by atoms with Crippen molar-refractivity contribution in [3.05, 3.63) is 75.7 Å². The molecule has 0 atom stereocenters. The largest absolute Gasteiger partial charge is 0.497 e. The molecular formula is C21H19N5O3. The van der Waals surface area contributed by atoms with E-state index in [1.165, 1.54) is 11.8 Å². The van der Waals surface area contributed by atoms with Crippen molar-refractivity contribution in [2.75, 3.05) is 12.4 Å². The van der Waals surface area contributed by atoms with Gasteiger partial charge in [-0.15, -0.1) is 0 Å². The van der Waals surface area contributed by atoms with E-state index in [0.29, 0.717) is 33.7 Å². The van der Waals surface area contributed by atoms with Gasteiger partial charge in [-0.25, -0.2) is 4.98 Å². The molecule has 0 radical (unpaired) electrons. The van der Waals surface area contributed by atoms with Crippen LogP contribution < -0.4 is 15.6 Å². The summed E-state index contributed by atoms with van der Waals surface area (Å²) in [5.74, 6) is 0.909. The van der Waals surface area contributed by atoms with Crippen LogP contribution in [0.3, 0.4) is 0 Å². The van der Waals surface area contributed by atoms with E-state index in [1.54, 1.807) is 43.3 Å². The molecule has 8 nitrogen and oxygen atoms in total. The highest BCUT2D eigenvalue weighted by molar-refractivity contribution is 6.04. The molecule has 2 heterocycles. The molecule has 146 valence electrons. The highest BCUT2D eigenvalue weighted by Crippen LogP contribution is 2.19. The summed E-state index contributed by atoms with van der Waals surface area (Å²) in [6, 6.07) is 14.0. The Kier molecular flexibility index (Phi) is 4.59. The Morgan fingerprint density at radius 1 is 1.14 bits per heavy atom. The summed E-state index contributed by atoms with van der Waals surface area (Å²) >= 11 is 0. The number of hydrogen-bond acceptors (Lipinski definition) is 5. The van der Waals surface area contributed by atoms with Gasteiger partial charge in [-0.1, -0.05) is 17.7 Å². The van der Waals surface area contributed by atoms with E-state index in [9.17, 15) is 9.59 Å². The minimum absolute atomic E-state index is 0.209. The van der Waals surface area contributed by atoms with Gasteiger partial charge in [0.25, 0.3) is 11.5 Å². The minimum Gasteiger partial charge on any atom is -0.497 e. The SMILES string of the molecule is COc1ccc2nc(-n3nc(C)cc3NC(=O)c3cccc(C)c3)[nH]c(=O)c2c1. The quantitative estimate of drug-likeness (QED) is 0.559. The fraction of sp³-hybridized carbons (Fsp3) is 0.143. The smallest absolute Gasteiger partial charge is 0.260 e. The predicted octanol–water partition coefficient (Wildman–Crippen LogP) is 2.99. The van der Waals surface area contributed by atoms with Crippen LogP contribution in [0.4, 0.5) is 5.82 Å². The van der Waals surface area contributed by atoms with Gasteiger partial charge >= 0.3 is 0 Å². The number of methoxy groups -OCH3 is 1. The molecule has 0 fully saturated rings. The van der Waals surface area contributed by atoms with Crippen molar-refractivity contribution in [1.29, 1.82) is 0 Å². The molecule has 8 heteroatoms. The zero-order chi connectivity index (χ0) is 20.5. The first-order chi connectivity index (χ1) is 13.9. The average Bonchev–Trinajstić information content (AvgIpc) is 3.07. The van der Waals surface area contributed by atoms with Gasteiger partial charge in [-0.05, 0) is 44.2 Å². The highest BCUT2D eigenvalue weighted by Gasteiger charge is 2.15. The number of nitrogens with zero attached hydrogens (tertiary/aromatic N) is 3. The van der Waals surface area contributed by atoms with Gasteiger partial charge in [0.2, 0.25) is 5.95 Å².